The third-order valence-electron chi connectivity index (χ3n) is 4.00. The first kappa shape index (κ1) is 19.7. The number of hydrogen-bond acceptors (Lipinski definition) is 4. The number of nitrogens with zero attached hydrogens (tertiary/aromatic N) is 1. The molecule has 0 bridgehead atoms. The highest BCUT2D eigenvalue weighted by Gasteiger charge is 2.09. The molecular weight excluding hydrogens is 330 g/mol. The van der Waals surface area contributed by atoms with Crippen LogP contribution in [0.4, 0.5) is 0 Å². The van der Waals surface area contributed by atoms with E-state index < -0.39 is 0 Å². The van der Waals surface area contributed by atoms with Crippen molar-refractivity contribution in [2.45, 2.75) is 19.9 Å². The fourth-order valence-electron chi connectivity index (χ4n) is 2.67. The number of fused-ring (bicyclic) bond motifs is 1. The van der Waals surface area contributed by atoms with Crippen LogP contribution >= 0.6 is 0 Å². The molecule has 2 rings (SSSR count). The minimum absolute atomic E-state index is 0.0183. The van der Waals surface area contributed by atoms with Crippen molar-refractivity contribution in [2.75, 3.05) is 33.8 Å². The Hall–Kier alpha value is -2.60. The van der Waals surface area contributed by atoms with Gasteiger partial charge in [0.05, 0.1) is 20.2 Å². The smallest absolute Gasteiger partial charge is 0.239 e. The van der Waals surface area contributed by atoms with E-state index in [1.165, 1.54) is 0 Å². The molecule has 0 unspecified atom stereocenters. The van der Waals surface area contributed by atoms with Gasteiger partial charge in [-0.15, -0.1) is 0 Å². The van der Waals surface area contributed by atoms with Gasteiger partial charge in [0.1, 0.15) is 5.75 Å². The second-order valence-corrected chi connectivity index (χ2v) is 6.35. The van der Waals surface area contributed by atoms with Crippen LogP contribution in [-0.2, 0) is 16.1 Å². The first-order chi connectivity index (χ1) is 12.5. The minimum atomic E-state index is -0.162. The Morgan fingerprint density at radius 2 is 1.77 bits per heavy atom. The summed E-state index contributed by atoms with van der Waals surface area (Å²) >= 11 is 0. The number of methoxy groups -OCH3 is 1. The molecule has 0 radical (unpaired) electrons. The number of likely N-dealkylation sites (N-methyl/N-ethyl adjacent to an activating group) is 1. The number of carbonyl (C=O) groups is 2. The van der Waals surface area contributed by atoms with Crippen molar-refractivity contribution in [2.24, 2.45) is 0 Å². The number of nitrogens with one attached hydrogen (secondary N) is 2. The molecule has 0 saturated heterocycles. The summed E-state index contributed by atoms with van der Waals surface area (Å²) in [5.41, 5.74) is 1.12. The lowest BCUT2D eigenvalue weighted by atomic mass is 10.1. The minimum Gasteiger partial charge on any atom is -0.497 e. The first-order valence-electron chi connectivity index (χ1n) is 8.80. The number of carbonyl (C=O) groups excluding carboxylic acids is 2. The number of amides is 2. The Kier molecular flexibility index (Phi) is 7.41. The largest absolute Gasteiger partial charge is 0.497 e. The van der Waals surface area contributed by atoms with Gasteiger partial charge in [-0.3, -0.25) is 14.5 Å². The predicted octanol–water partition coefficient (Wildman–Crippen LogP) is 1.92. The van der Waals surface area contributed by atoms with E-state index in [1.807, 2.05) is 43.1 Å². The Balaban J connectivity index is 1.85. The summed E-state index contributed by atoms with van der Waals surface area (Å²) in [6.07, 6.45) is 0.876. The van der Waals surface area contributed by atoms with Crippen LogP contribution in [-0.4, -0.2) is 50.5 Å². The highest BCUT2D eigenvalue weighted by Crippen LogP contribution is 2.22. The standard InChI is InChI=1S/C20H27N3O3/c1-4-9-21-19(24)12-22-20(25)14-23(2)13-15-5-6-17-11-18(26-3)8-7-16(17)10-15/h5-8,10-11H,4,9,12-14H2,1-3H3,(H,21,24)(H,22,25). The van der Waals surface area contributed by atoms with Crippen molar-refractivity contribution < 1.29 is 14.3 Å². The zero-order chi connectivity index (χ0) is 18.9. The van der Waals surface area contributed by atoms with Crippen LogP contribution in [0.5, 0.6) is 5.75 Å². The van der Waals surface area contributed by atoms with Crippen molar-refractivity contribution in [3.63, 3.8) is 0 Å². The Morgan fingerprint density at radius 3 is 2.50 bits per heavy atom. The maximum Gasteiger partial charge on any atom is 0.239 e. The van der Waals surface area contributed by atoms with Crippen LogP contribution in [0.2, 0.25) is 0 Å². The molecule has 0 aliphatic heterocycles. The molecule has 6 nitrogen and oxygen atoms in total. The predicted molar refractivity (Wildman–Crippen MR) is 103 cm³/mol. The van der Waals surface area contributed by atoms with Gasteiger partial charge >= 0.3 is 0 Å². The fraction of sp³-hybridized carbons (Fsp3) is 0.400. The van der Waals surface area contributed by atoms with Gasteiger partial charge < -0.3 is 15.4 Å². The molecule has 0 aromatic heterocycles. The summed E-state index contributed by atoms with van der Waals surface area (Å²) in [4.78, 5) is 25.4. The summed E-state index contributed by atoms with van der Waals surface area (Å²) in [5.74, 6) is 0.513. The molecule has 0 spiro atoms. The van der Waals surface area contributed by atoms with E-state index >= 15 is 0 Å². The number of benzene rings is 2. The number of hydrogen-bond donors (Lipinski definition) is 2. The molecule has 2 aromatic rings. The molecule has 0 aliphatic rings. The van der Waals surface area contributed by atoms with E-state index in [0.29, 0.717) is 13.1 Å². The van der Waals surface area contributed by atoms with Crippen LogP contribution < -0.4 is 15.4 Å². The lowest BCUT2D eigenvalue weighted by Gasteiger charge is -2.17. The zero-order valence-electron chi connectivity index (χ0n) is 15.7. The van der Waals surface area contributed by atoms with Gasteiger partial charge in [-0.25, -0.2) is 0 Å². The molecule has 2 N–H and O–H groups in total. The third-order valence-corrected chi connectivity index (χ3v) is 4.00. The molecule has 0 saturated carbocycles. The Bertz CT molecular complexity index is 761. The first-order valence-corrected chi connectivity index (χ1v) is 8.80. The second kappa shape index (κ2) is 9.77. The maximum atomic E-state index is 12.0. The van der Waals surface area contributed by atoms with Crippen LogP contribution in [0.3, 0.4) is 0 Å². The molecule has 2 amide bonds. The molecule has 0 aliphatic carbocycles. The quantitative estimate of drug-likeness (QED) is 0.719. The summed E-state index contributed by atoms with van der Waals surface area (Å²) < 4.78 is 5.24. The van der Waals surface area contributed by atoms with Gasteiger partial charge in [0.25, 0.3) is 0 Å². The van der Waals surface area contributed by atoms with Crippen molar-refractivity contribution in [3.05, 3.63) is 42.0 Å². The van der Waals surface area contributed by atoms with Gasteiger partial charge in [0.2, 0.25) is 11.8 Å². The maximum absolute atomic E-state index is 12.0. The van der Waals surface area contributed by atoms with Gasteiger partial charge in [-0.05, 0) is 48.0 Å². The highest BCUT2D eigenvalue weighted by molar-refractivity contribution is 5.86. The zero-order valence-corrected chi connectivity index (χ0v) is 15.7. The fourth-order valence-corrected chi connectivity index (χ4v) is 2.67. The Morgan fingerprint density at radius 1 is 1.04 bits per heavy atom. The molecule has 140 valence electrons. The SMILES string of the molecule is CCCNC(=O)CNC(=O)CN(C)Cc1ccc2cc(OC)ccc2c1. The normalized spacial score (nSPS) is 10.8. The monoisotopic (exact) mass is 357 g/mol. The summed E-state index contributed by atoms with van der Waals surface area (Å²) in [5, 5.41) is 7.62. The van der Waals surface area contributed by atoms with Crippen LogP contribution in [0.15, 0.2) is 36.4 Å². The van der Waals surface area contributed by atoms with Crippen molar-refractivity contribution in [3.8, 4) is 5.75 Å². The van der Waals surface area contributed by atoms with Gasteiger partial charge in [0, 0.05) is 13.1 Å². The number of ether oxygens (including phenoxy) is 1. The van der Waals surface area contributed by atoms with E-state index in [0.717, 1.165) is 28.5 Å². The molecule has 0 heterocycles. The van der Waals surface area contributed by atoms with E-state index in [2.05, 4.69) is 22.8 Å². The van der Waals surface area contributed by atoms with Gasteiger partial charge in [-0.2, -0.15) is 0 Å². The molecule has 0 atom stereocenters. The molecule has 26 heavy (non-hydrogen) atoms. The molecule has 0 fully saturated rings. The summed E-state index contributed by atoms with van der Waals surface area (Å²) in [7, 11) is 3.54. The van der Waals surface area contributed by atoms with E-state index in [9.17, 15) is 9.59 Å². The summed E-state index contributed by atoms with van der Waals surface area (Å²) in [6.45, 7) is 3.52. The van der Waals surface area contributed by atoms with Gasteiger partial charge in [0.15, 0.2) is 0 Å². The van der Waals surface area contributed by atoms with Crippen molar-refractivity contribution in [1.82, 2.24) is 15.5 Å². The Labute approximate surface area is 154 Å². The molecule has 2 aromatic carbocycles. The average molecular weight is 357 g/mol. The lowest BCUT2D eigenvalue weighted by molar-refractivity contribution is -0.126. The molecular formula is C20H27N3O3. The molecule has 6 heteroatoms. The second-order valence-electron chi connectivity index (χ2n) is 6.35. The number of rotatable bonds is 9. The topological polar surface area (TPSA) is 70.7 Å². The third kappa shape index (κ3) is 6.04. The summed E-state index contributed by atoms with van der Waals surface area (Å²) in [6, 6.07) is 12.2. The lowest BCUT2D eigenvalue weighted by Crippen LogP contribution is -2.41. The van der Waals surface area contributed by atoms with Crippen molar-refractivity contribution >= 4 is 22.6 Å². The van der Waals surface area contributed by atoms with E-state index in [-0.39, 0.29) is 24.9 Å². The van der Waals surface area contributed by atoms with E-state index in [4.69, 9.17) is 4.74 Å². The van der Waals surface area contributed by atoms with Gasteiger partial charge in [-0.1, -0.05) is 25.1 Å². The average Bonchev–Trinajstić information content (AvgIpc) is 2.64. The van der Waals surface area contributed by atoms with Crippen molar-refractivity contribution in [1.29, 1.82) is 0 Å². The van der Waals surface area contributed by atoms with Crippen LogP contribution in [0, 0.1) is 0 Å². The van der Waals surface area contributed by atoms with Crippen LogP contribution in [0.1, 0.15) is 18.9 Å². The van der Waals surface area contributed by atoms with Crippen LogP contribution in [0.25, 0.3) is 10.8 Å². The van der Waals surface area contributed by atoms with E-state index in [1.54, 1.807) is 7.11 Å². The highest BCUT2D eigenvalue weighted by atomic mass is 16.5.